The number of nitrogens with zero attached hydrogens (tertiary/aromatic N) is 1. The zero-order chi connectivity index (χ0) is 12.1. The van der Waals surface area contributed by atoms with E-state index in [1.807, 2.05) is 18.2 Å². The van der Waals surface area contributed by atoms with Crippen LogP contribution in [0.5, 0.6) is 0 Å². The summed E-state index contributed by atoms with van der Waals surface area (Å²) >= 11 is 0. The third-order valence-electron chi connectivity index (χ3n) is 2.82. The molecule has 4 N–H and O–H groups in total. The molecule has 1 aliphatic rings. The van der Waals surface area contributed by atoms with E-state index in [-0.39, 0.29) is 6.61 Å². The number of aliphatic hydroxyl groups is 1. The molecule has 17 heavy (non-hydrogen) atoms. The first kappa shape index (κ1) is 12.0. The van der Waals surface area contributed by atoms with Gasteiger partial charge in [-0.25, -0.2) is 0 Å². The van der Waals surface area contributed by atoms with Crippen molar-refractivity contribution in [3.8, 4) is 0 Å². The summed E-state index contributed by atoms with van der Waals surface area (Å²) in [6.07, 6.45) is 0. The second-order valence-corrected chi connectivity index (χ2v) is 4.02. The first-order chi connectivity index (χ1) is 8.31. The number of rotatable bonds is 4. The van der Waals surface area contributed by atoms with Crippen molar-refractivity contribution in [2.24, 2.45) is 0 Å². The lowest BCUT2D eigenvalue weighted by atomic mass is 10.2. The number of nitrogens with two attached hydrogens (primary N) is 1. The van der Waals surface area contributed by atoms with Crippen LogP contribution in [-0.2, 0) is 4.74 Å². The van der Waals surface area contributed by atoms with Gasteiger partial charge < -0.3 is 25.8 Å². The van der Waals surface area contributed by atoms with Gasteiger partial charge in [-0.1, -0.05) is 0 Å². The van der Waals surface area contributed by atoms with Gasteiger partial charge in [0.25, 0.3) is 0 Å². The van der Waals surface area contributed by atoms with Gasteiger partial charge in [0, 0.05) is 25.3 Å². The van der Waals surface area contributed by atoms with E-state index < -0.39 is 0 Å². The van der Waals surface area contributed by atoms with Crippen molar-refractivity contribution in [1.29, 1.82) is 0 Å². The fourth-order valence-corrected chi connectivity index (χ4v) is 1.96. The summed E-state index contributed by atoms with van der Waals surface area (Å²) in [5.41, 5.74) is 8.79. The van der Waals surface area contributed by atoms with Crippen LogP contribution in [0.4, 0.5) is 17.1 Å². The van der Waals surface area contributed by atoms with Crippen molar-refractivity contribution in [1.82, 2.24) is 0 Å². The quantitative estimate of drug-likeness (QED) is 0.666. The van der Waals surface area contributed by atoms with Crippen LogP contribution in [0, 0.1) is 0 Å². The molecule has 1 heterocycles. The summed E-state index contributed by atoms with van der Waals surface area (Å²) in [7, 11) is 0. The molecule has 1 aromatic carbocycles. The number of hydrogen-bond donors (Lipinski definition) is 3. The average Bonchev–Trinajstić information content (AvgIpc) is 2.37. The number of hydrogen-bond acceptors (Lipinski definition) is 5. The van der Waals surface area contributed by atoms with E-state index in [0.717, 1.165) is 43.4 Å². The Morgan fingerprint density at radius 1 is 1.35 bits per heavy atom. The van der Waals surface area contributed by atoms with Crippen molar-refractivity contribution in [2.75, 3.05) is 55.4 Å². The summed E-state index contributed by atoms with van der Waals surface area (Å²) in [5.74, 6) is 0. The zero-order valence-corrected chi connectivity index (χ0v) is 9.85. The minimum atomic E-state index is 0.116. The van der Waals surface area contributed by atoms with Crippen LogP contribution in [0.25, 0.3) is 0 Å². The molecule has 1 aromatic rings. The van der Waals surface area contributed by atoms with Gasteiger partial charge in [0.1, 0.15) is 0 Å². The van der Waals surface area contributed by atoms with Crippen LogP contribution >= 0.6 is 0 Å². The van der Waals surface area contributed by atoms with E-state index in [4.69, 9.17) is 15.6 Å². The Labute approximate surface area is 101 Å². The van der Waals surface area contributed by atoms with Crippen LogP contribution in [0.1, 0.15) is 0 Å². The largest absolute Gasteiger partial charge is 0.397 e. The summed E-state index contributed by atoms with van der Waals surface area (Å²) in [6, 6.07) is 5.90. The first-order valence-corrected chi connectivity index (χ1v) is 5.88. The number of morpholine rings is 1. The topological polar surface area (TPSA) is 70.8 Å². The van der Waals surface area contributed by atoms with Crippen molar-refractivity contribution >= 4 is 17.1 Å². The lowest BCUT2D eigenvalue weighted by Crippen LogP contribution is -2.36. The van der Waals surface area contributed by atoms with Gasteiger partial charge in [0.15, 0.2) is 0 Å². The average molecular weight is 237 g/mol. The Balaban J connectivity index is 2.07. The van der Waals surface area contributed by atoms with Gasteiger partial charge in [0.2, 0.25) is 0 Å². The van der Waals surface area contributed by atoms with E-state index in [9.17, 15) is 0 Å². The second-order valence-electron chi connectivity index (χ2n) is 4.02. The van der Waals surface area contributed by atoms with Crippen LogP contribution < -0.4 is 16.0 Å². The Morgan fingerprint density at radius 2 is 2.12 bits per heavy atom. The fourth-order valence-electron chi connectivity index (χ4n) is 1.96. The van der Waals surface area contributed by atoms with Crippen molar-refractivity contribution in [3.63, 3.8) is 0 Å². The molecular weight excluding hydrogens is 218 g/mol. The molecule has 0 unspecified atom stereocenters. The third kappa shape index (κ3) is 3.01. The summed E-state index contributed by atoms with van der Waals surface area (Å²) < 4.78 is 5.32. The molecule has 0 spiro atoms. The molecule has 5 heteroatoms. The molecule has 2 rings (SSSR count). The summed E-state index contributed by atoms with van der Waals surface area (Å²) in [5, 5.41) is 11.8. The Kier molecular flexibility index (Phi) is 4.06. The normalized spacial score (nSPS) is 15.9. The van der Waals surface area contributed by atoms with E-state index >= 15 is 0 Å². The van der Waals surface area contributed by atoms with Gasteiger partial charge in [-0.3, -0.25) is 0 Å². The van der Waals surface area contributed by atoms with E-state index in [1.165, 1.54) is 0 Å². The first-order valence-electron chi connectivity index (χ1n) is 5.88. The van der Waals surface area contributed by atoms with Gasteiger partial charge in [-0.05, 0) is 18.2 Å². The van der Waals surface area contributed by atoms with Crippen molar-refractivity contribution in [2.45, 2.75) is 0 Å². The van der Waals surface area contributed by atoms with Crippen molar-refractivity contribution < 1.29 is 9.84 Å². The second kappa shape index (κ2) is 5.75. The van der Waals surface area contributed by atoms with Crippen LogP contribution in [-0.4, -0.2) is 44.6 Å². The SMILES string of the molecule is Nc1cc(NCCO)ccc1N1CCOCC1. The highest BCUT2D eigenvalue weighted by Crippen LogP contribution is 2.27. The maximum atomic E-state index is 8.74. The molecule has 0 bridgehead atoms. The molecule has 1 fully saturated rings. The zero-order valence-electron chi connectivity index (χ0n) is 9.85. The number of nitrogens with one attached hydrogen (secondary N) is 1. The predicted octanol–water partition coefficient (Wildman–Crippen LogP) is 0.510. The minimum Gasteiger partial charge on any atom is -0.397 e. The predicted molar refractivity (Wildman–Crippen MR) is 69.5 cm³/mol. The number of anilines is 3. The molecule has 94 valence electrons. The van der Waals surface area contributed by atoms with Crippen LogP contribution in [0.15, 0.2) is 18.2 Å². The van der Waals surface area contributed by atoms with Crippen LogP contribution in [0.2, 0.25) is 0 Å². The molecule has 0 aromatic heterocycles. The van der Waals surface area contributed by atoms with Gasteiger partial charge >= 0.3 is 0 Å². The maximum Gasteiger partial charge on any atom is 0.0642 e. The number of aliphatic hydroxyl groups excluding tert-OH is 1. The molecule has 0 amide bonds. The standard InChI is InChI=1S/C12H19N3O2/c13-11-9-10(14-3-6-16)1-2-12(11)15-4-7-17-8-5-15/h1-2,9,14,16H,3-8,13H2. The number of ether oxygens (including phenoxy) is 1. The highest BCUT2D eigenvalue weighted by Gasteiger charge is 2.13. The lowest BCUT2D eigenvalue weighted by molar-refractivity contribution is 0.123. The highest BCUT2D eigenvalue weighted by atomic mass is 16.5. The maximum absolute atomic E-state index is 8.74. The molecule has 1 aliphatic heterocycles. The molecule has 0 saturated carbocycles. The summed E-state index contributed by atoms with van der Waals surface area (Å²) in [6.45, 7) is 3.93. The minimum absolute atomic E-state index is 0.116. The molecule has 0 aliphatic carbocycles. The Hall–Kier alpha value is -1.46. The Bertz CT molecular complexity index is 365. The summed E-state index contributed by atoms with van der Waals surface area (Å²) in [4.78, 5) is 2.23. The fraction of sp³-hybridized carbons (Fsp3) is 0.500. The van der Waals surface area contributed by atoms with E-state index in [0.29, 0.717) is 6.54 Å². The van der Waals surface area contributed by atoms with E-state index in [2.05, 4.69) is 10.2 Å². The number of nitrogen functional groups attached to an aromatic ring is 1. The highest BCUT2D eigenvalue weighted by molar-refractivity contribution is 5.72. The molecule has 0 radical (unpaired) electrons. The molecule has 0 atom stereocenters. The molecular formula is C12H19N3O2. The third-order valence-corrected chi connectivity index (χ3v) is 2.82. The lowest BCUT2D eigenvalue weighted by Gasteiger charge is -2.30. The monoisotopic (exact) mass is 237 g/mol. The van der Waals surface area contributed by atoms with Gasteiger partial charge in [0.05, 0.1) is 31.2 Å². The molecule has 5 nitrogen and oxygen atoms in total. The number of benzene rings is 1. The Morgan fingerprint density at radius 3 is 2.76 bits per heavy atom. The molecule has 1 saturated heterocycles. The van der Waals surface area contributed by atoms with Gasteiger partial charge in [-0.2, -0.15) is 0 Å². The van der Waals surface area contributed by atoms with Gasteiger partial charge in [-0.15, -0.1) is 0 Å². The van der Waals surface area contributed by atoms with Crippen molar-refractivity contribution in [3.05, 3.63) is 18.2 Å². The van der Waals surface area contributed by atoms with Crippen LogP contribution in [0.3, 0.4) is 0 Å². The smallest absolute Gasteiger partial charge is 0.0642 e. The van der Waals surface area contributed by atoms with E-state index in [1.54, 1.807) is 0 Å².